The fourth-order valence-corrected chi connectivity index (χ4v) is 2.65. The lowest BCUT2D eigenvalue weighted by Crippen LogP contribution is -2.33. The quantitative estimate of drug-likeness (QED) is 0.843. The Kier molecular flexibility index (Phi) is 5.90. The monoisotopic (exact) mass is 349 g/mol. The van der Waals surface area contributed by atoms with Crippen LogP contribution in [0.25, 0.3) is 6.08 Å². The Labute approximate surface area is 143 Å². The summed E-state index contributed by atoms with van der Waals surface area (Å²) in [5.74, 6) is -0.568. The fraction of sp³-hybridized carbons (Fsp3) is 0.188. The van der Waals surface area contributed by atoms with Crippen molar-refractivity contribution < 1.29 is 9.59 Å². The van der Waals surface area contributed by atoms with Crippen LogP contribution in [0.15, 0.2) is 36.5 Å². The van der Waals surface area contributed by atoms with Gasteiger partial charge in [-0.25, -0.2) is 4.98 Å². The lowest BCUT2D eigenvalue weighted by atomic mass is 10.3. The predicted molar refractivity (Wildman–Crippen MR) is 93.6 cm³/mol. The molecule has 0 bridgehead atoms. The van der Waals surface area contributed by atoms with Gasteiger partial charge in [0.05, 0.1) is 22.3 Å². The number of aromatic nitrogens is 1. The van der Waals surface area contributed by atoms with Crippen LogP contribution in [-0.4, -0.2) is 35.3 Å². The highest BCUT2D eigenvalue weighted by molar-refractivity contribution is 7.12. The molecule has 2 rings (SSSR count). The second kappa shape index (κ2) is 7.89. The minimum atomic E-state index is -0.309. The number of thiazole rings is 1. The number of halogens is 1. The number of carbonyl (C=O) groups is 2. The van der Waals surface area contributed by atoms with Crippen molar-refractivity contribution in [3.63, 3.8) is 0 Å². The van der Waals surface area contributed by atoms with Gasteiger partial charge in [-0.15, -0.1) is 11.3 Å². The van der Waals surface area contributed by atoms with Crippen molar-refractivity contribution in [2.75, 3.05) is 18.9 Å². The summed E-state index contributed by atoms with van der Waals surface area (Å²) in [5, 5.41) is 4.07. The molecule has 0 aliphatic rings. The van der Waals surface area contributed by atoms with Crippen molar-refractivity contribution in [3.8, 4) is 0 Å². The molecule has 1 aromatic carbocycles. The average Bonchev–Trinajstić information content (AvgIpc) is 2.92. The third-order valence-electron chi connectivity index (χ3n) is 2.93. The van der Waals surface area contributed by atoms with Crippen LogP contribution >= 0.6 is 22.9 Å². The van der Waals surface area contributed by atoms with Crippen LogP contribution in [0.1, 0.15) is 9.88 Å². The second-order valence-electron chi connectivity index (χ2n) is 4.84. The van der Waals surface area contributed by atoms with Crippen LogP contribution in [0.4, 0.5) is 5.69 Å². The van der Waals surface area contributed by atoms with E-state index in [1.54, 1.807) is 43.6 Å². The van der Waals surface area contributed by atoms with Gasteiger partial charge in [0.15, 0.2) is 0 Å². The summed E-state index contributed by atoms with van der Waals surface area (Å²) in [5.41, 5.74) is 0.524. The molecule has 2 aromatic rings. The lowest BCUT2D eigenvalue weighted by Gasteiger charge is -2.15. The Morgan fingerprint density at radius 1 is 1.39 bits per heavy atom. The highest BCUT2D eigenvalue weighted by Crippen LogP contribution is 2.20. The molecule has 0 aliphatic heterocycles. The summed E-state index contributed by atoms with van der Waals surface area (Å²) in [6, 6.07) is 6.94. The Hall–Kier alpha value is -2.18. The van der Waals surface area contributed by atoms with Gasteiger partial charge in [0, 0.05) is 24.2 Å². The zero-order valence-corrected chi connectivity index (χ0v) is 14.3. The molecule has 0 atom stereocenters. The van der Waals surface area contributed by atoms with Crippen molar-refractivity contribution in [1.29, 1.82) is 0 Å². The molecule has 23 heavy (non-hydrogen) atoms. The van der Waals surface area contributed by atoms with Crippen LogP contribution in [0.5, 0.6) is 0 Å². The second-order valence-corrected chi connectivity index (χ2v) is 6.51. The van der Waals surface area contributed by atoms with Crippen LogP contribution < -0.4 is 5.32 Å². The molecule has 0 saturated heterocycles. The van der Waals surface area contributed by atoms with Gasteiger partial charge in [0.2, 0.25) is 11.8 Å². The van der Waals surface area contributed by atoms with Crippen molar-refractivity contribution in [1.82, 2.24) is 9.88 Å². The Balaban J connectivity index is 1.89. The molecule has 0 unspecified atom stereocenters. The van der Waals surface area contributed by atoms with E-state index in [2.05, 4.69) is 10.3 Å². The van der Waals surface area contributed by atoms with Crippen molar-refractivity contribution in [2.24, 2.45) is 0 Å². The molecule has 120 valence electrons. The first kappa shape index (κ1) is 17.2. The maximum Gasteiger partial charge on any atom is 0.246 e. The number of aryl methyl sites for hydroxylation is 1. The van der Waals surface area contributed by atoms with Gasteiger partial charge in [-0.05, 0) is 25.1 Å². The summed E-state index contributed by atoms with van der Waals surface area (Å²) in [7, 11) is 1.57. The Bertz CT molecular complexity index is 742. The van der Waals surface area contributed by atoms with Crippen LogP contribution in [-0.2, 0) is 9.59 Å². The number of likely N-dealkylation sites (N-methyl/N-ethyl adjacent to an activating group) is 1. The topological polar surface area (TPSA) is 62.3 Å². The van der Waals surface area contributed by atoms with Crippen molar-refractivity contribution >= 4 is 46.5 Å². The Morgan fingerprint density at radius 3 is 2.78 bits per heavy atom. The zero-order chi connectivity index (χ0) is 16.8. The molecular formula is C16H16ClN3O2S. The van der Waals surface area contributed by atoms with Gasteiger partial charge in [-0.1, -0.05) is 23.7 Å². The molecular weight excluding hydrogens is 334 g/mol. The van der Waals surface area contributed by atoms with Crippen LogP contribution in [0.3, 0.4) is 0 Å². The highest BCUT2D eigenvalue weighted by atomic mass is 35.5. The van der Waals surface area contributed by atoms with Crippen LogP contribution in [0, 0.1) is 6.92 Å². The van der Waals surface area contributed by atoms with E-state index in [1.165, 1.54) is 22.3 Å². The number of amides is 2. The van der Waals surface area contributed by atoms with E-state index in [9.17, 15) is 9.59 Å². The number of carbonyl (C=O) groups excluding carboxylic acids is 2. The van der Waals surface area contributed by atoms with Gasteiger partial charge in [0.25, 0.3) is 0 Å². The number of nitrogens with one attached hydrogen (secondary N) is 1. The van der Waals surface area contributed by atoms with E-state index in [-0.39, 0.29) is 18.4 Å². The highest BCUT2D eigenvalue weighted by Gasteiger charge is 2.11. The van der Waals surface area contributed by atoms with Gasteiger partial charge in [-0.2, -0.15) is 0 Å². The molecule has 2 amide bonds. The first-order chi connectivity index (χ1) is 11.0. The minimum absolute atomic E-state index is 0.0594. The molecule has 0 spiro atoms. The first-order valence-electron chi connectivity index (χ1n) is 6.85. The molecule has 7 heteroatoms. The van der Waals surface area contributed by atoms with E-state index < -0.39 is 0 Å². The summed E-state index contributed by atoms with van der Waals surface area (Å²) >= 11 is 7.47. The van der Waals surface area contributed by atoms with Crippen LogP contribution in [0.2, 0.25) is 5.02 Å². The fourth-order valence-electron chi connectivity index (χ4n) is 1.78. The normalized spacial score (nSPS) is 10.7. The average molecular weight is 350 g/mol. The van der Waals surface area contributed by atoms with Gasteiger partial charge in [-0.3, -0.25) is 9.59 Å². The molecule has 1 heterocycles. The SMILES string of the molecule is Cc1ncc(C=CC(=O)N(C)CC(=O)Nc2ccccc2Cl)s1. The minimum Gasteiger partial charge on any atom is -0.333 e. The van der Waals surface area contributed by atoms with Gasteiger partial charge < -0.3 is 10.2 Å². The number of anilines is 1. The summed E-state index contributed by atoms with van der Waals surface area (Å²) in [4.78, 5) is 30.3. The lowest BCUT2D eigenvalue weighted by molar-refractivity contribution is -0.129. The largest absolute Gasteiger partial charge is 0.333 e. The zero-order valence-electron chi connectivity index (χ0n) is 12.7. The molecule has 0 aliphatic carbocycles. The third-order valence-corrected chi connectivity index (χ3v) is 4.14. The Morgan fingerprint density at radius 2 is 2.13 bits per heavy atom. The number of rotatable bonds is 5. The number of para-hydroxylation sites is 1. The number of hydrogen-bond donors (Lipinski definition) is 1. The number of hydrogen-bond acceptors (Lipinski definition) is 4. The van der Waals surface area contributed by atoms with Crippen molar-refractivity contribution in [3.05, 3.63) is 51.4 Å². The molecule has 0 saturated carbocycles. The molecule has 1 N–H and O–H groups in total. The summed E-state index contributed by atoms with van der Waals surface area (Å²) in [6.45, 7) is 1.84. The van der Waals surface area contributed by atoms with E-state index in [4.69, 9.17) is 11.6 Å². The van der Waals surface area contributed by atoms with Gasteiger partial charge in [0.1, 0.15) is 0 Å². The van der Waals surface area contributed by atoms with E-state index >= 15 is 0 Å². The predicted octanol–water partition coefficient (Wildman–Crippen LogP) is 3.22. The van der Waals surface area contributed by atoms with E-state index in [0.29, 0.717) is 10.7 Å². The summed E-state index contributed by atoms with van der Waals surface area (Å²) in [6.07, 6.45) is 4.82. The molecule has 0 fully saturated rings. The van der Waals surface area contributed by atoms with Gasteiger partial charge >= 0.3 is 0 Å². The maximum atomic E-state index is 12.0. The van der Waals surface area contributed by atoms with Crippen molar-refractivity contribution in [2.45, 2.75) is 6.92 Å². The molecule has 1 aromatic heterocycles. The smallest absolute Gasteiger partial charge is 0.246 e. The number of benzene rings is 1. The standard InChI is InChI=1S/C16H16ClN3O2S/c1-11-18-9-12(23-11)7-8-16(22)20(2)10-15(21)19-14-6-4-3-5-13(14)17/h3-9H,10H2,1-2H3,(H,19,21). The number of nitrogens with zero attached hydrogens (tertiary/aromatic N) is 2. The molecule has 0 radical (unpaired) electrons. The third kappa shape index (κ3) is 5.19. The first-order valence-corrected chi connectivity index (χ1v) is 8.05. The summed E-state index contributed by atoms with van der Waals surface area (Å²) < 4.78 is 0. The van der Waals surface area contributed by atoms with E-state index in [0.717, 1.165) is 9.88 Å². The van der Waals surface area contributed by atoms with E-state index in [1.807, 2.05) is 6.92 Å². The molecule has 5 nitrogen and oxygen atoms in total. The maximum absolute atomic E-state index is 12.0.